The molecule has 0 saturated heterocycles. The fraction of sp³-hybridized carbons (Fsp3) is 0.120. The Hall–Kier alpha value is -3.58. The summed E-state index contributed by atoms with van der Waals surface area (Å²) in [6, 6.07) is 17.7. The first-order valence-electron chi connectivity index (χ1n) is 9.89. The van der Waals surface area contributed by atoms with E-state index >= 15 is 0 Å². The molecule has 160 valence electrons. The van der Waals surface area contributed by atoms with Crippen molar-refractivity contribution in [2.75, 3.05) is 18.3 Å². The van der Waals surface area contributed by atoms with Gasteiger partial charge in [-0.25, -0.2) is 4.39 Å². The van der Waals surface area contributed by atoms with Crippen LogP contribution in [-0.2, 0) is 0 Å². The van der Waals surface area contributed by atoms with Crippen molar-refractivity contribution in [3.63, 3.8) is 0 Å². The Bertz CT molecular complexity index is 1400. The number of carbonyl (C=O) groups is 1. The van der Waals surface area contributed by atoms with Gasteiger partial charge < -0.3 is 9.15 Å². The number of fused-ring (bicyclic) bond motifs is 2. The van der Waals surface area contributed by atoms with Crippen LogP contribution in [0.1, 0.15) is 27.7 Å². The summed E-state index contributed by atoms with van der Waals surface area (Å²) in [6.07, 6.45) is 1.97. The molecule has 0 fully saturated rings. The largest absolute Gasteiger partial charge is 0.497 e. The maximum atomic E-state index is 13.9. The van der Waals surface area contributed by atoms with Crippen LogP contribution in [0.3, 0.4) is 0 Å². The van der Waals surface area contributed by atoms with E-state index in [1.807, 2.05) is 30.5 Å². The molecule has 1 aliphatic rings. The highest BCUT2D eigenvalue weighted by molar-refractivity contribution is 7.98. The summed E-state index contributed by atoms with van der Waals surface area (Å²) in [5.41, 5.74) is 1.32. The van der Waals surface area contributed by atoms with Crippen molar-refractivity contribution in [2.45, 2.75) is 10.9 Å². The smallest absolute Gasteiger partial charge is 0.295 e. The lowest BCUT2D eigenvalue weighted by molar-refractivity contribution is 0.0971. The van der Waals surface area contributed by atoms with Crippen molar-refractivity contribution in [1.82, 2.24) is 0 Å². The van der Waals surface area contributed by atoms with Crippen molar-refractivity contribution in [1.29, 1.82) is 0 Å². The molecule has 4 aromatic rings. The predicted octanol–water partition coefficient (Wildman–Crippen LogP) is 5.41. The molecule has 2 heterocycles. The van der Waals surface area contributed by atoms with E-state index in [0.717, 1.165) is 16.5 Å². The van der Waals surface area contributed by atoms with Gasteiger partial charge in [0.1, 0.15) is 17.1 Å². The van der Waals surface area contributed by atoms with Gasteiger partial charge in [0, 0.05) is 10.6 Å². The Balaban J connectivity index is 1.77. The topological polar surface area (TPSA) is 59.8 Å². The van der Waals surface area contributed by atoms with Crippen LogP contribution in [0, 0.1) is 5.82 Å². The van der Waals surface area contributed by atoms with E-state index in [1.54, 1.807) is 48.0 Å². The molecule has 0 bridgehead atoms. The normalized spacial score (nSPS) is 15.3. The van der Waals surface area contributed by atoms with Gasteiger partial charge in [0.2, 0.25) is 5.76 Å². The summed E-state index contributed by atoms with van der Waals surface area (Å²) in [5, 5.41) is 0.110. The van der Waals surface area contributed by atoms with Gasteiger partial charge in [-0.05, 0) is 66.4 Å². The summed E-state index contributed by atoms with van der Waals surface area (Å²) in [5.74, 6) is -0.340. The average Bonchev–Trinajstić information content (AvgIpc) is 3.12. The number of hydrogen-bond acceptors (Lipinski definition) is 5. The molecule has 5 rings (SSSR count). The van der Waals surface area contributed by atoms with E-state index in [9.17, 15) is 14.0 Å². The van der Waals surface area contributed by atoms with Gasteiger partial charge in [-0.2, -0.15) is 0 Å². The molecule has 1 aliphatic heterocycles. The minimum absolute atomic E-state index is 0.0242. The number of rotatable bonds is 4. The fourth-order valence-corrected chi connectivity index (χ4v) is 4.46. The lowest BCUT2D eigenvalue weighted by Gasteiger charge is -2.25. The van der Waals surface area contributed by atoms with Crippen LogP contribution in [-0.4, -0.2) is 19.3 Å². The summed E-state index contributed by atoms with van der Waals surface area (Å²) in [7, 11) is 1.56. The molecule has 32 heavy (non-hydrogen) atoms. The molecule has 0 N–H and O–H groups in total. The number of halogens is 1. The quantitative estimate of drug-likeness (QED) is 0.392. The first-order chi connectivity index (χ1) is 15.5. The van der Waals surface area contributed by atoms with Gasteiger partial charge in [0.05, 0.1) is 24.1 Å². The predicted molar refractivity (Wildman–Crippen MR) is 122 cm³/mol. The molecular formula is C25H18FNO4S. The summed E-state index contributed by atoms with van der Waals surface area (Å²) < 4.78 is 25.0. The molecule has 0 aliphatic carbocycles. The standard InChI is InChI=1S/C25H18FNO4S/c1-30-17-8-6-16(7-9-17)27-22(14-3-10-18(32-2)11-4-14)21-23(28)19-13-15(26)5-12-20(19)31-24(21)25(27)29/h3-13,22H,1-2H3. The van der Waals surface area contributed by atoms with E-state index in [1.165, 1.54) is 12.1 Å². The number of benzene rings is 3. The Morgan fingerprint density at radius 1 is 1.00 bits per heavy atom. The van der Waals surface area contributed by atoms with Gasteiger partial charge in [-0.3, -0.25) is 14.5 Å². The van der Waals surface area contributed by atoms with Crippen molar-refractivity contribution in [2.24, 2.45) is 0 Å². The number of anilines is 1. The van der Waals surface area contributed by atoms with Crippen LogP contribution in [0.25, 0.3) is 11.0 Å². The second-order valence-electron chi connectivity index (χ2n) is 7.36. The van der Waals surface area contributed by atoms with Gasteiger partial charge >= 0.3 is 0 Å². The summed E-state index contributed by atoms with van der Waals surface area (Å²) in [4.78, 5) is 29.6. The van der Waals surface area contributed by atoms with Gasteiger partial charge in [0.25, 0.3) is 5.91 Å². The number of amides is 1. The lowest BCUT2D eigenvalue weighted by atomic mass is 9.98. The van der Waals surface area contributed by atoms with Crippen molar-refractivity contribution >= 4 is 34.3 Å². The Morgan fingerprint density at radius 2 is 1.72 bits per heavy atom. The van der Waals surface area contributed by atoms with Crippen molar-refractivity contribution in [3.8, 4) is 5.75 Å². The first kappa shape index (κ1) is 20.3. The zero-order valence-electron chi connectivity index (χ0n) is 17.3. The minimum atomic E-state index is -0.703. The van der Waals surface area contributed by atoms with Gasteiger partial charge in [-0.1, -0.05) is 12.1 Å². The maximum Gasteiger partial charge on any atom is 0.295 e. The van der Waals surface area contributed by atoms with Crippen molar-refractivity contribution in [3.05, 3.63) is 99.7 Å². The maximum absolute atomic E-state index is 13.9. The number of thioether (sulfide) groups is 1. The van der Waals surface area contributed by atoms with Gasteiger partial charge in [0.15, 0.2) is 5.43 Å². The monoisotopic (exact) mass is 447 g/mol. The number of ether oxygens (including phenoxy) is 1. The number of hydrogen-bond donors (Lipinski definition) is 0. The molecular weight excluding hydrogens is 429 g/mol. The van der Waals surface area contributed by atoms with Crippen LogP contribution < -0.4 is 15.1 Å². The van der Waals surface area contributed by atoms with E-state index in [-0.39, 0.29) is 22.3 Å². The van der Waals surface area contributed by atoms with E-state index in [4.69, 9.17) is 9.15 Å². The minimum Gasteiger partial charge on any atom is -0.497 e. The number of nitrogens with zero attached hydrogens (tertiary/aromatic N) is 1. The Kier molecular flexibility index (Phi) is 4.98. The average molecular weight is 447 g/mol. The first-order valence-corrected chi connectivity index (χ1v) is 11.1. The molecule has 1 atom stereocenters. The fourth-order valence-electron chi connectivity index (χ4n) is 4.06. The molecule has 1 unspecified atom stereocenters. The number of methoxy groups -OCH3 is 1. The zero-order chi connectivity index (χ0) is 22.4. The van der Waals surface area contributed by atoms with Crippen LogP contribution in [0.15, 0.2) is 80.8 Å². The Morgan fingerprint density at radius 3 is 2.38 bits per heavy atom. The molecule has 5 nitrogen and oxygen atoms in total. The van der Waals surface area contributed by atoms with Crippen LogP contribution in [0.5, 0.6) is 5.75 Å². The Labute approximate surface area is 187 Å². The van der Waals surface area contributed by atoms with E-state index in [0.29, 0.717) is 11.4 Å². The lowest BCUT2D eigenvalue weighted by Crippen LogP contribution is -2.29. The number of carbonyl (C=O) groups excluding carboxylic acids is 1. The van der Waals surface area contributed by atoms with E-state index in [2.05, 4.69) is 0 Å². The third kappa shape index (κ3) is 3.17. The second-order valence-corrected chi connectivity index (χ2v) is 8.24. The highest BCUT2D eigenvalue weighted by Crippen LogP contribution is 2.41. The molecule has 0 radical (unpaired) electrons. The molecule has 7 heteroatoms. The SMILES string of the molecule is COc1ccc(N2C(=O)c3oc4ccc(F)cc4c(=O)c3C2c2ccc(SC)cc2)cc1. The summed E-state index contributed by atoms with van der Waals surface area (Å²) >= 11 is 1.60. The highest BCUT2D eigenvalue weighted by Gasteiger charge is 2.43. The zero-order valence-corrected chi connectivity index (χ0v) is 18.1. The van der Waals surface area contributed by atoms with Crippen molar-refractivity contribution < 1.29 is 18.3 Å². The molecule has 0 saturated carbocycles. The molecule has 3 aromatic carbocycles. The van der Waals surface area contributed by atoms with Gasteiger partial charge in [-0.15, -0.1) is 11.8 Å². The van der Waals surface area contributed by atoms with Crippen LogP contribution >= 0.6 is 11.8 Å². The molecule has 0 spiro atoms. The van der Waals surface area contributed by atoms with Crippen LogP contribution in [0.4, 0.5) is 10.1 Å². The molecule has 1 amide bonds. The van der Waals surface area contributed by atoms with Crippen LogP contribution in [0.2, 0.25) is 0 Å². The highest BCUT2D eigenvalue weighted by atomic mass is 32.2. The summed E-state index contributed by atoms with van der Waals surface area (Å²) in [6.45, 7) is 0. The molecule has 1 aromatic heterocycles. The third-order valence-electron chi connectivity index (χ3n) is 5.61. The second kappa shape index (κ2) is 7.84. The van der Waals surface area contributed by atoms with E-state index < -0.39 is 23.2 Å². The third-order valence-corrected chi connectivity index (χ3v) is 6.36.